The third-order valence-electron chi connectivity index (χ3n) is 4.14. The fraction of sp³-hybridized carbons (Fsp3) is 0.929. The summed E-state index contributed by atoms with van der Waals surface area (Å²) in [4.78, 5) is 5.55. The Balaban J connectivity index is 1.73. The van der Waals surface area contributed by atoms with E-state index < -0.39 is 5.60 Å². The molecular formula is C14H27N3OS. The second-order valence-electron chi connectivity index (χ2n) is 7.01. The Bertz CT molecular complexity index is 328. The van der Waals surface area contributed by atoms with Crippen LogP contribution in [-0.2, 0) is 0 Å². The second kappa shape index (κ2) is 5.64. The van der Waals surface area contributed by atoms with Gasteiger partial charge in [0.2, 0.25) is 0 Å². The molecule has 5 heteroatoms. The van der Waals surface area contributed by atoms with E-state index in [1.165, 1.54) is 12.8 Å². The van der Waals surface area contributed by atoms with E-state index in [1.807, 2.05) is 13.8 Å². The molecular weight excluding hydrogens is 258 g/mol. The van der Waals surface area contributed by atoms with Crippen LogP contribution in [0.4, 0.5) is 0 Å². The van der Waals surface area contributed by atoms with Gasteiger partial charge in [-0.3, -0.25) is 4.90 Å². The van der Waals surface area contributed by atoms with Crippen LogP contribution in [-0.4, -0.2) is 64.8 Å². The molecule has 2 rings (SSSR count). The fourth-order valence-corrected chi connectivity index (χ4v) is 3.37. The zero-order valence-electron chi connectivity index (χ0n) is 12.2. The molecule has 2 aliphatic rings. The van der Waals surface area contributed by atoms with E-state index in [-0.39, 0.29) is 0 Å². The number of nitrogens with zero attached hydrogens (tertiary/aromatic N) is 2. The van der Waals surface area contributed by atoms with E-state index >= 15 is 0 Å². The third kappa shape index (κ3) is 4.99. The van der Waals surface area contributed by atoms with Crippen molar-refractivity contribution in [3.8, 4) is 0 Å². The molecule has 0 spiro atoms. The minimum Gasteiger partial charge on any atom is -0.393 e. The Labute approximate surface area is 121 Å². The smallest absolute Gasteiger partial charge is 0.0733 e. The van der Waals surface area contributed by atoms with Crippen molar-refractivity contribution in [2.75, 3.05) is 39.3 Å². The van der Waals surface area contributed by atoms with Crippen LogP contribution < -0.4 is 5.73 Å². The maximum Gasteiger partial charge on any atom is 0.0733 e. The van der Waals surface area contributed by atoms with Crippen LogP contribution in [0.2, 0.25) is 0 Å². The molecule has 110 valence electrons. The molecule has 4 nitrogen and oxygen atoms in total. The van der Waals surface area contributed by atoms with Crippen molar-refractivity contribution in [2.24, 2.45) is 11.1 Å². The minimum absolute atomic E-state index is 0.393. The predicted molar refractivity (Wildman–Crippen MR) is 82.2 cm³/mol. The number of hydrogen-bond acceptors (Lipinski definition) is 4. The lowest BCUT2D eigenvalue weighted by molar-refractivity contribution is 0.0151. The van der Waals surface area contributed by atoms with E-state index in [1.54, 1.807) is 0 Å². The van der Waals surface area contributed by atoms with E-state index in [0.717, 1.165) is 45.7 Å². The summed E-state index contributed by atoms with van der Waals surface area (Å²) in [6.45, 7) is 9.94. The highest BCUT2D eigenvalue weighted by Gasteiger charge is 2.44. The van der Waals surface area contributed by atoms with E-state index in [4.69, 9.17) is 18.0 Å². The van der Waals surface area contributed by atoms with Crippen LogP contribution in [0, 0.1) is 5.41 Å². The molecule has 0 aromatic heterocycles. The first-order valence-electron chi connectivity index (χ1n) is 7.24. The maximum absolute atomic E-state index is 9.85. The molecule has 19 heavy (non-hydrogen) atoms. The van der Waals surface area contributed by atoms with Gasteiger partial charge in [0, 0.05) is 45.7 Å². The molecule has 1 heterocycles. The van der Waals surface area contributed by atoms with Crippen LogP contribution in [0.5, 0.6) is 0 Å². The van der Waals surface area contributed by atoms with Crippen molar-refractivity contribution in [3.63, 3.8) is 0 Å². The molecule has 1 aliphatic carbocycles. The van der Waals surface area contributed by atoms with Crippen LogP contribution in [0.25, 0.3) is 0 Å². The Hall–Kier alpha value is -0.230. The predicted octanol–water partition coefficient (Wildman–Crippen LogP) is 0.831. The molecule has 1 saturated heterocycles. The Kier molecular flexibility index (Phi) is 4.50. The van der Waals surface area contributed by atoms with Crippen molar-refractivity contribution in [2.45, 2.75) is 38.7 Å². The molecule has 0 bridgehead atoms. The summed E-state index contributed by atoms with van der Waals surface area (Å²) in [7, 11) is 0. The Morgan fingerprint density at radius 2 is 1.74 bits per heavy atom. The van der Waals surface area contributed by atoms with E-state index in [9.17, 15) is 5.11 Å². The number of nitrogens with two attached hydrogens (primary N) is 1. The summed E-state index contributed by atoms with van der Waals surface area (Å²) < 4.78 is 0. The second-order valence-corrected chi connectivity index (χ2v) is 7.53. The fourth-order valence-electron chi connectivity index (χ4n) is 3.06. The van der Waals surface area contributed by atoms with Gasteiger partial charge in [-0.2, -0.15) is 0 Å². The summed E-state index contributed by atoms with van der Waals surface area (Å²) in [5.41, 5.74) is 5.49. The standard InChI is InChI=1S/C14H27N3OS/c1-13(2,18)10-16-5-7-17(8-6-16)11-14(3-4-14)9-12(15)19/h18H,3-11H2,1-2H3,(H2,15,19). The van der Waals surface area contributed by atoms with Gasteiger partial charge >= 0.3 is 0 Å². The minimum atomic E-state index is -0.592. The molecule has 3 N–H and O–H groups in total. The molecule has 0 unspecified atom stereocenters. The maximum atomic E-state index is 9.85. The van der Waals surface area contributed by atoms with Gasteiger partial charge in [-0.05, 0) is 32.1 Å². The summed E-state index contributed by atoms with van der Waals surface area (Å²) in [6.07, 6.45) is 3.45. The van der Waals surface area contributed by atoms with Crippen molar-refractivity contribution < 1.29 is 5.11 Å². The molecule has 0 aromatic rings. The quantitative estimate of drug-likeness (QED) is 0.708. The van der Waals surface area contributed by atoms with Gasteiger partial charge in [-0.25, -0.2) is 0 Å². The molecule has 1 saturated carbocycles. The van der Waals surface area contributed by atoms with Gasteiger partial charge in [-0.1, -0.05) is 12.2 Å². The monoisotopic (exact) mass is 285 g/mol. The summed E-state index contributed by atoms with van der Waals surface area (Å²) in [6, 6.07) is 0. The number of hydrogen-bond donors (Lipinski definition) is 2. The average molecular weight is 285 g/mol. The van der Waals surface area contributed by atoms with Gasteiger partial charge in [0.1, 0.15) is 0 Å². The highest BCUT2D eigenvalue weighted by atomic mass is 32.1. The number of rotatable bonds is 6. The lowest BCUT2D eigenvalue weighted by Crippen LogP contribution is -2.51. The highest BCUT2D eigenvalue weighted by Crippen LogP contribution is 2.49. The lowest BCUT2D eigenvalue weighted by Gasteiger charge is -2.38. The van der Waals surface area contributed by atoms with Gasteiger partial charge in [-0.15, -0.1) is 0 Å². The number of thiocarbonyl (C=S) groups is 1. The summed E-state index contributed by atoms with van der Waals surface area (Å²) in [5, 5.41) is 9.85. The topological polar surface area (TPSA) is 52.7 Å². The van der Waals surface area contributed by atoms with Gasteiger partial charge < -0.3 is 15.7 Å². The van der Waals surface area contributed by atoms with Gasteiger partial charge in [0.15, 0.2) is 0 Å². The average Bonchev–Trinajstić information content (AvgIpc) is 2.98. The van der Waals surface area contributed by atoms with Gasteiger partial charge in [0.05, 0.1) is 10.6 Å². The summed E-state index contributed by atoms with van der Waals surface area (Å²) >= 11 is 5.05. The first-order valence-corrected chi connectivity index (χ1v) is 7.64. The number of piperazine rings is 1. The Morgan fingerprint density at radius 1 is 1.21 bits per heavy atom. The SMILES string of the molecule is CC(C)(O)CN1CCN(CC2(CC(N)=S)CC2)CC1. The zero-order chi connectivity index (χ0) is 14.1. The van der Waals surface area contributed by atoms with Crippen LogP contribution >= 0.6 is 12.2 Å². The molecule has 2 fully saturated rings. The van der Waals surface area contributed by atoms with E-state index in [0.29, 0.717) is 10.4 Å². The molecule has 1 aliphatic heterocycles. The van der Waals surface area contributed by atoms with Crippen LogP contribution in [0.3, 0.4) is 0 Å². The molecule has 0 amide bonds. The van der Waals surface area contributed by atoms with Crippen molar-refractivity contribution >= 4 is 17.2 Å². The van der Waals surface area contributed by atoms with Crippen molar-refractivity contribution in [3.05, 3.63) is 0 Å². The van der Waals surface area contributed by atoms with Crippen molar-refractivity contribution in [1.29, 1.82) is 0 Å². The van der Waals surface area contributed by atoms with Gasteiger partial charge in [0.25, 0.3) is 0 Å². The first-order chi connectivity index (χ1) is 8.78. The highest BCUT2D eigenvalue weighted by molar-refractivity contribution is 7.80. The normalized spacial score (nSPS) is 24.4. The lowest BCUT2D eigenvalue weighted by atomic mass is 10.0. The number of aliphatic hydroxyl groups is 1. The van der Waals surface area contributed by atoms with Crippen LogP contribution in [0.1, 0.15) is 33.1 Å². The first kappa shape index (κ1) is 15.2. The Morgan fingerprint density at radius 3 is 2.16 bits per heavy atom. The third-order valence-corrected chi connectivity index (χ3v) is 4.29. The van der Waals surface area contributed by atoms with Crippen LogP contribution in [0.15, 0.2) is 0 Å². The number of β-amino-alcohol motifs (C(OH)–C–C–N with tert-alkyl or cyclic N) is 1. The van der Waals surface area contributed by atoms with Crippen molar-refractivity contribution in [1.82, 2.24) is 9.80 Å². The largest absolute Gasteiger partial charge is 0.393 e. The zero-order valence-corrected chi connectivity index (χ0v) is 13.0. The molecule has 0 atom stereocenters. The van der Waals surface area contributed by atoms with E-state index in [2.05, 4.69) is 9.80 Å². The molecule has 0 radical (unpaired) electrons. The summed E-state index contributed by atoms with van der Waals surface area (Å²) in [5.74, 6) is 0. The molecule has 0 aromatic carbocycles.